The summed E-state index contributed by atoms with van der Waals surface area (Å²) in [6, 6.07) is 18.7. The summed E-state index contributed by atoms with van der Waals surface area (Å²) in [6.07, 6.45) is 3.56. The fourth-order valence-corrected chi connectivity index (χ4v) is 3.44. The van der Waals surface area contributed by atoms with Crippen LogP contribution in [0.4, 0.5) is 17.3 Å². The summed E-state index contributed by atoms with van der Waals surface area (Å²) in [5.41, 5.74) is 4.30. The van der Waals surface area contributed by atoms with Crippen molar-refractivity contribution in [3.05, 3.63) is 60.4 Å². The highest BCUT2D eigenvalue weighted by Crippen LogP contribution is 2.27. The maximum absolute atomic E-state index is 9.09. The van der Waals surface area contributed by atoms with Gasteiger partial charge >= 0.3 is 0 Å². The minimum Gasteiger partial charge on any atom is -0.371 e. The third-order valence-electron chi connectivity index (χ3n) is 4.87. The minimum atomic E-state index is 0. The lowest BCUT2D eigenvalue weighted by atomic mass is 9.98. The molecule has 0 radical (unpaired) electrons. The molecule has 0 bridgehead atoms. The van der Waals surface area contributed by atoms with Crippen molar-refractivity contribution in [1.82, 2.24) is 14.8 Å². The number of piperidine rings is 1. The summed E-state index contributed by atoms with van der Waals surface area (Å²) >= 11 is 0. The van der Waals surface area contributed by atoms with Gasteiger partial charge in [0.1, 0.15) is 6.33 Å². The lowest BCUT2D eigenvalue weighted by Crippen LogP contribution is -2.33. The molecular formula is C21H24N6. The van der Waals surface area contributed by atoms with Crippen LogP contribution in [0.15, 0.2) is 54.9 Å². The minimum absolute atomic E-state index is 0. The molecule has 3 aromatic rings. The number of nitriles is 1. The van der Waals surface area contributed by atoms with Gasteiger partial charge < -0.3 is 10.2 Å². The summed E-state index contributed by atoms with van der Waals surface area (Å²) in [6.45, 7) is 3.93. The van der Waals surface area contributed by atoms with Gasteiger partial charge in [0.15, 0.2) is 0 Å². The Balaban J connectivity index is 0.00000225. The maximum Gasteiger partial charge on any atom is 0.246 e. The van der Waals surface area contributed by atoms with Crippen LogP contribution >= 0.6 is 0 Å². The van der Waals surface area contributed by atoms with Crippen molar-refractivity contribution in [2.24, 2.45) is 5.92 Å². The molecular weight excluding hydrogens is 336 g/mol. The van der Waals surface area contributed by atoms with Crippen molar-refractivity contribution < 1.29 is 1.43 Å². The van der Waals surface area contributed by atoms with E-state index in [-0.39, 0.29) is 7.34 Å². The number of para-hydroxylation sites is 1. The maximum atomic E-state index is 9.09. The molecule has 6 heteroatoms. The molecule has 6 nitrogen and oxygen atoms in total. The van der Waals surface area contributed by atoms with E-state index in [2.05, 4.69) is 51.5 Å². The van der Waals surface area contributed by atoms with Crippen LogP contribution in [0, 0.1) is 24.2 Å². The molecule has 1 aliphatic rings. The molecule has 1 fully saturated rings. The topological polar surface area (TPSA) is 69.8 Å². The van der Waals surface area contributed by atoms with Crippen LogP contribution in [0.3, 0.4) is 0 Å². The first-order valence-electron chi connectivity index (χ1n) is 9.21. The zero-order chi connectivity index (χ0) is 18.6. The number of aromatic nitrogens is 3. The second-order valence-corrected chi connectivity index (χ2v) is 6.92. The van der Waals surface area contributed by atoms with Gasteiger partial charge in [-0.1, -0.05) is 18.2 Å². The second-order valence-electron chi connectivity index (χ2n) is 6.92. The Labute approximate surface area is 160 Å². The number of nitrogens with one attached hydrogen (secondary N) is 1. The number of hydrogen-bond donors (Lipinski definition) is 1. The van der Waals surface area contributed by atoms with Gasteiger partial charge in [-0.15, -0.1) is 5.10 Å². The average Bonchev–Trinajstić information content (AvgIpc) is 3.17. The Morgan fingerprint density at radius 1 is 1.11 bits per heavy atom. The molecule has 0 amide bonds. The van der Waals surface area contributed by atoms with E-state index in [0.717, 1.165) is 37.3 Å². The van der Waals surface area contributed by atoms with Gasteiger partial charge in [0, 0.05) is 31.8 Å². The molecule has 0 saturated carbocycles. The molecule has 0 unspecified atom stereocenters. The second kappa shape index (κ2) is 7.50. The van der Waals surface area contributed by atoms with Gasteiger partial charge in [0.25, 0.3) is 0 Å². The van der Waals surface area contributed by atoms with Crippen LogP contribution in [0.1, 0.15) is 19.8 Å². The van der Waals surface area contributed by atoms with E-state index in [9.17, 15) is 0 Å². The van der Waals surface area contributed by atoms with Crippen LogP contribution in [-0.2, 0) is 0 Å². The van der Waals surface area contributed by atoms with Crippen LogP contribution in [0.25, 0.3) is 5.69 Å². The summed E-state index contributed by atoms with van der Waals surface area (Å²) in [4.78, 5) is 6.72. The molecule has 138 valence electrons. The third kappa shape index (κ3) is 3.93. The van der Waals surface area contributed by atoms with Crippen molar-refractivity contribution in [2.45, 2.75) is 19.8 Å². The average molecular weight is 360 g/mol. The molecule has 1 aliphatic heterocycles. The Morgan fingerprint density at radius 2 is 1.89 bits per heavy atom. The van der Waals surface area contributed by atoms with Gasteiger partial charge in [-0.2, -0.15) is 10.2 Å². The van der Waals surface area contributed by atoms with E-state index in [1.54, 1.807) is 11.0 Å². The largest absolute Gasteiger partial charge is 0.371 e. The first-order valence-corrected chi connectivity index (χ1v) is 9.21. The zero-order valence-electron chi connectivity index (χ0n) is 15.3. The highest BCUT2D eigenvalue weighted by Gasteiger charge is 2.19. The standard InChI is InChI=1S/C21H22N6.H2/c1-16-11-18(13-20(12-16)26-9-7-17(14-22)8-10-26)24-21-23-15-27(25-21)19-5-3-2-4-6-19;/h2-6,11-13,15,17H,7-10H2,1H3,(H,24,25);1H. The molecule has 0 atom stereocenters. The van der Waals surface area contributed by atoms with E-state index < -0.39 is 0 Å². The lowest BCUT2D eigenvalue weighted by molar-refractivity contribution is 0.488. The van der Waals surface area contributed by atoms with Crippen molar-refractivity contribution in [2.75, 3.05) is 23.3 Å². The van der Waals surface area contributed by atoms with Crippen LogP contribution in [0.2, 0.25) is 0 Å². The number of hydrogen-bond acceptors (Lipinski definition) is 5. The van der Waals surface area contributed by atoms with Crippen LogP contribution in [-0.4, -0.2) is 27.9 Å². The quantitative estimate of drug-likeness (QED) is 0.751. The molecule has 1 N–H and O–H groups in total. The normalized spacial score (nSPS) is 14.7. The SMILES string of the molecule is Cc1cc(Nc2ncn(-c3ccccc3)n2)cc(N2CCC(C#N)CC2)c1.[HH]. The Kier molecular flexibility index (Phi) is 4.75. The predicted molar refractivity (Wildman–Crippen MR) is 108 cm³/mol. The summed E-state index contributed by atoms with van der Waals surface area (Å²) in [5.74, 6) is 0.758. The van der Waals surface area contributed by atoms with E-state index in [1.165, 1.54) is 11.3 Å². The number of benzene rings is 2. The molecule has 27 heavy (non-hydrogen) atoms. The monoisotopic (exact) mass is 360 g/mol. The first-order chi connectivity index (χ1) is 13.2. The van der Waals surface area contributed by atoms with E-state index >= 15 is 0 Å². The molecule has 1 aromatic heterocycles. The Hall–Kier alpha value is -3.33. The van der Waals surface area contributed by atoms with Gasteiger partial charge in [0.2, 0.25) is 5.95 Å². The summed E-state index contributed by atoms with van der Waals surface area (Å²) in [5, 5.41) is 16.9. The molecule has 0 spiro atoms. The molecule has 2 aromatic carbocycles. The Morgan fingerprint density at radius 3 is 2.63 bits per heavy atom. The highest BCUT2D eigenvalue weighted by atomic mass is 15.4. The molecule has 0 aliphatic carbocycles. The van der Waals surface area contributed by atoms with E-state index in [4.69, 9.17) is 5.26 Å². The van der Waals surface area contributed by atoms with Gasteiger partial charge in [0.05, 0.1) is 11.8 Å². The van der Waals surface area contributed by atoms with Crippen molar-refractivity contribution >= 4 is 17.3 Å². The molecule has 2 heterocycles. The van der Waals surface area contributed by atoms with E-state index in [1.807, 2.05) is 30.3 Å². The molecule has 4 rings (SSSR count). The number of aryl methyl sites for hydroxylation is 1. The number of nitrogens with zero attached hydrogens (tertiary/aromatic N) is 5. The first kappa shape index (κ1) is 17.1. The van der Waals surface area contributed by atoms with Crippen molar-refractivity contribution in [3.8, 4) is 11.8 Å². The lowest BCUT2D eigenvalue weighted by Gasteiger charge is -2.31. The number of rotatable bonds is 4. The fourth-order valence-electron chi connectivity index (χ4n) is 3.44. The smallest absolute Gasteiger partial charge is 0.246 e. The van der Waals surface area contributed by atoms with Gasteiger partial charge in [-0.3, -0.25) is 0 Å². The highest BCUT2D eigenvalue weighted by molar-refractivity contribution is 5.64. The van der Waals surface area contributed by atoms with Crippen LogP contribution < -0.4 is 10.2 Å². The van der Waals surface area contributed by atoms with E-state index in [0.29, 0.717) is 5.95 Å². The summed E-state index contributed by atoms with van der Waals surface area (Å²) in [7, 11) is 0. The fraction of sp³-hybridized carbons (Fsp3) is 0.286. The Bertz CT molecular complexity index is 955. The zero-order valence-corrected chi connectivity index (χ0v) is 15.3. The van der Waals surface area contributed by atoms with Crippen molar-refractivity contribution in [3.63, 3.8) is 0 Å². The predicted octanol–water partition coefficient (Wildman–Crippen LogP) is 4.31. The third-order valence-corrected chi connectivity index (χ3v) is 4.87. The van der Waals surface area contributed by atoms with Crippen molar-refractivity contribution in [1.29, 1.82) is 5.26 Å². The van der Waals surface area contributed by atoms with Gasteiger partial charge in [-0.25, -0.2) is 4.68 Å². The van der Waals surface area contributed by atoms with Crippen LogP contribution in [0.5, 0.6) is 0 Å². The molecule has 1 saturated heterocycles. The summed E-state index contributed by atoms with van der Waals surface area (Å²) < 4.78 is 1.76. The van der Waals surface area contributed by atoms with Gasteiger partial charge in [-0.05, 0) is 55.7 Å². The number of anilines is 3.